The minimum atomic E-state index is -4.89. The number of carbonyl (C=O) groups excluding carboxylic acids is 1. The van der Waals surface area contributed by atoms with Gasteiger partial charge in [-0.3, -0.25) is 4.79 Å². The Morgan fingerprint density at radius 3 is 2.19 bits per heavy atom. The maximum absolute atomic E-state index is 14.5. The van der Waals surface area contributed by atoms with Crippen molar-refractivity contribution in [3.63, 3.8) is 0 Å². The molecule has 140 valence electrons. The van der Waals surface area contributed by atoms with Crippen molar-refractivity contribution in [2.75, 3.05) is 0 Å². The normalized spacial score (nSPS) is 14.2. The van der Waals surface area contributed by atoms with E-state index in [1.165, 1.54) is 19.1 Å². The molecular formula is C19H17F5O2. The molecule has 2 aromatic rings. The van der Waals surface area contributed by atoms with E-state index in [0.29, 0.717) is 12.5 Å². The predicted octanol–water partition coefficient (Wildman–Crippen LogP) is 5.08. The highest BCUT2D eigenvalue weighted by Crippen LogP contribution is 2.40. The molecule has 0 radical (unpaired) electrons. The molecule has 1 unspecified atom stereocenters. The Kier molecular flexibility index (Phi) is 5.24. The third kappa shape index (κ3) is 3.23. The van der Waals surface area contributed by atoms with E-state index in [9.17, 15) is 31.9 Å². The SMILES string of the molecule is CCc1cc(C=O)c(F)c(F)c1-c1ccc(C(C)(O)C(F)(F)F)cc1C. The second kappa shape index (κ2) is 6.79. The van der Waals surface area contributed by atoms with Gasteiger partial charge < -0.3 is 5.11 Å². The highest BCUT2D eigenvalue weighted by Gasteiger charge is 2.51. The molecule has 2 aromatic carbocycles. The first-order chi connectivity index (χ1) is 12.0. The molecule has 2 rings (SSSR count). The molecule has 0 heterocycles. The third-order valence-electron chi connectivity index (χ3n) is 4.43. The zero-order valence-corrected chi connectivity index (χ0v) is 14.3. The van der Waals surface area contributed by atoms with Crippen molar-refractivity contribution >= 4 is 6.29 Å². The van der Waals surface area contributed by atoms with Gasteiger partial charge in [0.1, 0.15) is 0 Å². The Morgan fingerprint density at radius 1 is 1.12 bits per heavy atom. The number of aliphatic hydroxyl groups is 1. The molecule has 0 aromatic heterocycles. The summed E-state index contributed by atoms with van der Waals surface area (Å²) >= 11 is 0. The van der Waals surface area contributed by atoms with E-state index >= 15 is 0 Å². The monoisotopic (exact) mass is 372 g/mol. The summed E-state index contributed by atoms with van der Waals surface area (Å²) in [6.45, 7) is 3.75. The lowest BCUT2D eigenvalue weighted by molar-refractivity contribution is -0.258. The van der Waals surface area contributed by atoms with Gasteiger partial charge in [-0.2, -0.15) is 13.2 Å². The number of halogens is 5. The van der Waals surface area contributed by atoms with Gasteiger partial charge in [-0.15, -0.1) is 0 Å². The summed E-state index contributed by atoms with van der Waals surface area (Å²) in [5, 5.41) is 9.78. The standard InChI is InChI=1S/C19H17F5O2/c1-4-11-8-12(9-25)16(20)17(21)15(11)14-6-5-13(7-10(14)2)18(3,26)19(22,23)24/h5-9,26H,4H2,1-3H3. The molecule has 0 bridgehead atoms. The third-order valence-corrected chi connectivity index (χ3v) is 4.43. The van der Waals surface area contributed by atoms with E-state index in [1.807, 2.05) is 0 Å². The number of aldehydes is 1. The smallest absolute Gasteiger partial charge is 0.376 e. The molecule has 0 aliphatic rings. The fourth-order valence-electron chi connectivity index (χ4n) is 2.77. The summed E-state index contributed by atoms with van der Waals surface area (Å²) in [6.07, 6.45) is -4.40. The molecule has 26 heavy (non-hydrogen) atoms. The molecular weight excluding hydrogens is 355 g/mol. The molecule has 7 heteroatoms. The average Bonchev–Trinajstić information content (AvgIpc) is 2.56. The van der Waals surface area contributed by atoms with Crippen molar-refractivity contribution in [2.24, 2.45) is 0 Å². The van der Waals surface area contributed by atoms with Crippen LogP contribution in [0.4, 0.5) is 22.0 Å². The second-order valence-electron chi connectivity index (χ2n) is 6.20. The van der Waals surface area contributed by atoms with E-state index in [1.54, 1.807) is 6.92 Å². The van der Waals surface area contributed by atoms with Crippen LogP contribution in [0.15, 0.2) is 24.3 Å². The Balaban J connectivity index is 2.69. The van der Waals surface area contributed by atoms with Crippen molar-refractivity contribution in [3.8, 4) is 11.1 Å². The summed E-state index contributed by atoms with van der Waals surface area (Å²) in [7, 11) is 0. The number of hydrogen-bond acceptors (Lipinski definition) is 2. The lowest BCUT2D eigenvalue weighted by atomic mass is 9.88. The summed E-state index contributed by atoms with van der Waals surface area (Å²) in [5.74, 6) is -2.54. The average molecular weight is 372 g/mol. The minimum Gasteiger partial charge on any atom is -0.376 e. The first-order valence-corrected chi connectivity index (χ1v) is 7.82. The fourth-order valence-corrected chi connectivity index (χ4v) is 2.77. The molecule has 0 fully saturated rings. The number of aryl methyl sites for hydroxylation is 2. The molecule has 1 atom stereocenters. The van der Waals surface area contributed by atoms with Gasteiger partial charge in [-0.25, -0.2) is 8.78 Å². The Morgan fingerprint density at radius 2 is 1.73 bits per heavy atom. The molecule has 0 saturated heterocycles. The van der Waals surface area contributed by atoms with Crippen molar-refractivity contribution in [1.29, 1.82) is 0 Å². The Bertz CT molecular complexity index is 854. The first-order valence-electron chi connectivity index (χ1n) is 7.82. The fraction of sp³-hybridized carbons (Fsp3) is 0.316. The van der Waals surface area contributed by atoms with Crippen LogP contribution < -0.4 is 0 Å². The number of hydrogen-bond donors (Lipinski definition) is 1. The topological polar surface area (TPSA) is 37.3 Å². The van der Waals surface area contributed by atoms with Crippen LogP contribution in [0.3, 0.4) is 0 Å². The summed E-state index contributed by atoms with van der Waals surface area (Å²) in [5.41, 5.74) is -3.23. The summed E-state index contributed by atoms with van der Waals surface area (Å²) in [6, 6.07) is 4.55. The van der Waals surface area contributed by atoms with Crippen LogP contribution >= 0.6 is 0 Å². The summed E-state index contributed by atoms with van der Waals surface area (Å²) in [4.78, 5) is 10.9. The van der Waals surface area contributed by atoms with E-state index in [0.717, 1.165) is 12.1 Å². The van der Waals surface area contributed by atoms with Gasteiger partial charge in [0.25, 0.3) is 0 Å². The Labute approximate surface area is 147 Å². The highest BCUT2D eigenvalue weighted by atomic mass is 19.4. The molecule has 2 nitrogen and oxygen atoms in total. The molecule has 1 N–H and O–H groups in total. The molecule has 0 aliphatic heterocycles. The minimum absolute atomic E-state index is 0.105. The maximum Gasteiger partial charge on any atom is 0.421 e. The van der Waals surface area contributed by atoms with Crippen LogP contribution in [0.1, 0.15) is 40.9 Å². The number of alkyl halides is 3. The molecule has 0 saturated carbocycles. The van der Waals surface area contributed by atoms with Gasteiger partial charge in [-0.05, 0) is 48.6 Å². The van der Waals surface area contributed by atoms with E-state index in [4.69, 9.17) is 0 Å². The predicted molar refractivity (Wildman–Crippen MR) is 86.9 cm³/mol. The van der Waals surface area contributed by atoms with Gasteiger partial charge in [-0.1, -0.05) is 25.1 Å². The van der Waals surface area contributed by atoms with Crippen molar-refractivity contribution in [1.82, 2.24) is 0 Å². The largest absolute Gasteiger partial charge is 0.421 e. The van der Waals surface area contributed by atoms with Crippen molar-refractivity contribution < 1.29 is 31.9 Å². The van der Waals surface area contributed by atoms with Crippen LogP contribution in [0.25, 0.3) is 11.1 Å². The molecule has 0 spiro atoms. The number of benzene rings is 2. The van der Waals surface area contributed by atoms with Gasteiger partial charge in [0.05, 0.1) is 5.56 Å². The van der Waals surface area contributed by atoms with Gasteiger partial charge in [0, 0.05) is 5.56 Å². The summed E-state index contributed by atoms with van der Waals surface area (Å²) < 4.78 is 67.6. The van der Waals surface area contributed by atoms with Gasteiger partial charge in [0.2, 0.25) is 0 Å². The number of carbonyl (C=O) groups is 1. The van der Waals surface area contributed by atoms with Crippen LogP contribution in [0.2, 0.25) is 0 Å². The lowest BCUT2D eigenvalue weighted by Gasteiger charge is -2.27. The first kappa shape index (κ1) is 20.0. The van der Waals surface area contributed by atoms with E-state index in [2.05, 4.69) is 0 Å². The molecule has 0 amide bonds. The zero-order valence-electron chi connectivity index (χ0n) is 14.3. The Hall–Kier alpha value is -2.28. The van der Waals surface area contributed by atoms with Crippen LogP contribution in [-0.2, 0) is 12.0 Å². The number of rotatable bonds is 4. The lowest BCUT2D eigenvalue weighted by Crippen LogP contribution is -2.39. The zero-order chi connectivity index (χ0) is 19.9. The van der Waals surface area contributed by atoms with Crippen molar-refractivity contribution in [2.45, 2.75) is 39.0 Å². The highest BCUT2D eigenvalue weighted by molar-refractivity contribution is 5.80. The van der Waals surface area contributed by atoms with Crippen LogP contribution in [0.5, 0.6) is 0 Å². The maximum atomic E-state index is 14.5. The van der Waals surface area contributed by atoms with Crippen LogP contribution in [0, 0.1) is 18.6 Å². The van der Waals surface area contributed by atoms with Crippen LogP contribution in [-0.4, -0.2) is 17.6 Å². The van der Waals surface area contributed by atoms with E-state index in [-0.39, 0.29) is 29.4 Å². The van der Waals surface area contributed by atoms with Crippen molar-refractivity contribution in [3.05, 3.63) is 58.2 Å². The van der Waals surface area contributed by atoms with E-state index < -0.39 is 34.5 Å². The quantitative estimate of drug-likeness (QED) is 0.600. The molecule has 0 aliphatic carbocycles. The van der Waals surface area contributed by atoms with Gasteiger partial charge >= 0.3 is 6.18 Å². The van der Waals surface area contributed by atoms with Gasteiger partial charge in [0.15, 0.2) is 23.5 Å². The second-order valence-corrected chi connectivity index (χ2v) is 6.20.